The van der Waals surface area contributed by atoms with Gasteiger partial charge in [0, 0.05) is 12.2 Å². The van der Waals surface area contributed by atoms with E-state index >= 15 is 0 Å². The molecule has 0 bridgehead atoms. The van der Waals surface area contributed by atoms with Crippen LogP contribution in [0.4, 0.5) is 31.9 Å². The molecule has 1 unspecified atom stereocenters. The molecule has 8 nitrogen and oxygen atoms in total. The Labute approximate surface area is 167 Å². The van der Waals surface area contributed by atoms with Gasteiger partial charge < -0.3 is 16.4 Å². The minimum atomic E-state index is -3.65. The molecular formula is C19H21FN4O4S. The number of halogens is 1. The summed E-state index contributed by atoms with van der Waals surface area (Å²) in [6, 6.07) is 7.24. The number of carbonyl (C=O) groups excluding carboxylic acids is 2. The number of hydrogen-bond donors (Lipinski definition) is 3. The van der Waals surface area contributed by atoms with Crippen molar-refractivity contribution in [2.45, 2.75) is 18.7 Å². The van der Waals surface area contributed by atoms with E-state index in [-0.39, 0.29) is 40.2 Å². The van der Waals surface area contributed by atoms with Crippen molar-refractivity contribution in [3.05, 3.63) is 42.2 Å². The first-order valence-corrected chi connectivity index (χ1v) is 10.6. The van der Waals surface area contributed by atoms with E-state index in [1.54, 1.807) is 6.92 Å². The molecule has 3 amide bonds. The van der Waals surface area contributed by atoms with E-state index < -0.39 is 27.6 Å². The minimum Gasteiger partial charge on any atom is -0.398 e. The Morgan fingerprint density at radius 1 is 1.31 bits per heavy atom. The fourth-order valence-corrected chi connectivity index (χ4v) is 3.98. The number of nitrogens with two attached hydrogens (primary N) is 1. The number of anilines is 4. The van der Waals surface area contributed by atoms with Crippen molar-refractivity contribution in [2.24, 2.45) is 5.92 Å². The summed E-state index contributed by atoms with van der Waals surface area (Å²) in [6.07, 6.45) is 0. The van der Waals surface area contributed by atoms with Crippen molar-refractivity contribution < 1.29 is 22.4 Å². The topological polar surface area (TPSA) is 122 Å². The summed E-state index contributed by atoms with van der Waals surface area (Å²) < 4.78 is 37.9. The summed E-state index contributed by atoms with van der Waals surface area (Å²) in [4.78, 5) is 26.4. The fourth-order valence-electron chi connectivity index (χ4n) is 2.96. The first kappa shape index (κ1) is 20.6. The van der Waals surface area contributed by atoms with E-state index in [4.69, 9.17) is 5.73 Å². The number of nitrogens with one attached hydrogen (secondary N) is 2. The Balaban J connectivity index is 2.07. The maximum Gasteiger partial charge on any atom is 0.326 e. The van der Waals surface area contributed by atoms with Gasteiger partial charge in [0.1, 0.15) is 5.82 Å². The summed E-state index contributed by atoms with van der Waals surface area (Å²) in [6.45, 7) is 3.15. The third-order valence-corrected chi connectivity index (χ3v) is 6.42. The highest BCUT2D eigenvalue weighted by atomic mass is 32.2. The van der Waals surface area contributed by atoms with E-state index in [0.717, 1.165) is 0 Å². The van der Waals surface area contributed by atoms with Gasteiger partial charge in [-0.05, 0) is 36.4 Å². The van der Waals surface area contributed by atoms with Gasteiger partial charge in [-0.2, -0.15) is 0 Å². The predicted molar refractivity (Wildman–Crippen MR) is 109 cm³/mol. The van der Waals surface area contributed by atoms with Gasteiger partial charge in [-0.1, -0.05) is 13.8 Å². The number of urea groups is 1. The van der Waals surface area contributed by atoms with Gasteiger partial charge in [0.2, 0.25) is 5.91 Å². The summed E-state index contributed by atoms with van der Waals surface area (Å²) >= 11 is 0. The quantitative estimate of drug-likeness (QED) is 0.659. The predicted octanol–water partition coefficient (Wildman–Crippen LogP) is 2.83. The molecule has 1 heterocycles. The van der Waals surface area contributed by atoms with Crippen LogP contribution in [0.25, 0.3) is 0 Å². The lowest BCUT2D eigenvalue weighted by Crippen LogP contribution is -2.38. The highest BCUT2D eigenvalue weighted by Crippen LogP contribution is 2.36. The number of hydrogen-bond acceptors (Lipinski definition) is 5. The molecule has 2 aromatic rings. The molecule has 1 atom stereocenters. The molecule has 2 aromatic carbocycles. The smallest absolute Gasteiger partial charge is 0.326 e. The Bertz CT molecular complexity index is 1070. The second-order valence-electron chi connectivity index (χ2n) is 6.75. The van der Waals surface area contributed by atoms with Crippen LogP contribution in [0, 0.1) is 11.7 Å². The van der Waals surface area contributed by atoms with Crippen LogP contribution in [0.2, 0.25) is 0 Å². The summed E-state index contributed by atoms with van der Waals surface area (Å²) in [5.74, 6) is -1.50. The Kier molecular flexibility index (Phi) is 5.47. The van der Waals surface area contributed by atoms with E-state index in [2.05, 4.69) is 10.6 Å². The molecule has 10 heteroatoms. The van der Waals surface area contributed by atoms with Crippen LogP contribution in [-0.2, 0) is 14.6 Å². The maximum absolute atomic E-state index is 13.1. The molecule has 0 saturated heterocycles. The molecule has 0 radical (unpaired) electrons. The molecule has 0 fully saturated rings. The molecule has 29 heavy (non-hydrogen) atoms. The molecule has 0 aliphatic carbocycles. The van der Waals surface area contributed by atoms with Crippen LogP contribution in [0.5, 0.6) is 0 Å². The number of nitrogens with zero attached hydrogens (tertiary/aromatic N) is 1. The molecule has 1 aliphatic heterocycles. The van der Waals surface area contributed by atoms with Gasteiger partial charge in [0.15, 0.2) is 9.84 Å². The lowest BCUT2D eigenvalue weighted by molar-refractivity contribution is -0.119. The number of amides is 3. The van der Waals surface area contributed by atoms with E-state index in [9.17, 15) is 22.4 Å². The molecule has 3 rings (SSSR count). The van der Waals surface area contributed by atoms with Crippen LogP contribution < -0.4 is 21.3 Å². The first-order valence-electron chi connectivity index (χ1n) is 8.93. The van der Waals surface area contributed by atoms with Gasteiger partial charge in [0.25, 0.3) is 0 Å². The van der Waals surface area contributed by atoms with Crippen molar-refractivity contribution >= 4 is 44.5 Å². The third-order valence-electron chi connectivity index (χ3n) is 4.64. The van der Waals surface area contributed by atoms with Gasteiger partial charge in [0.05, 0.1) is 33.6 Å². The zero-order chi connectivity index (χ0) is 21.3. The number of benzene rings is 2. The SMILES string of the molecule is CCS(=O)(=O)c1cc2c(cc1N)NC(=O)C(C)CN2C(=O)Nc1ccc(F)cc1. The van der Waals surface area contributed by atoms with Crippen molar-refractivity contribution in [3.63, 3.8) is 0 Å². The monoisotopic (exact) mass is 420 g/mol. The van der Waals surface area contributed by atoms with Crippen molar-refractivity contribution in [3.8, 4) is 0 Å². The normalized spacial score (nSPS) is 16.6. The third kappa shape index (κ3) is 4.16. The van der Waals surface area contributed by atoms with E-state index in [1.165, 1.54) is 48.2 Å². The van der Waals surface area contributed by atoms with Crippen LogP contribution in [-0.4, -0.2) is 32.7 Å². The standard InChI is InChI=1S/C19H21FN4O4S/c1-3-29(27,28)17-9-16-15(8-14(17)21)23-18(25)11(2)10-24(16)19(26)22-13-6-4-12(20)5-7-13/h4-9,11H,3,10,21H2,1-2H3,(H,22,26)(H,23,25). The summed E-state index contributed by atoms with van der Waals surface area (Å²) in [7, 11) is -3.65. The Morgan fingerprint density at radius 3 is 2.59 bits per heavy atom. The van der Waals surface area contributed by atoms with Crippen LogP contribution in [0.15, 0.2) is 41.3 Å². The average molecular weight is 420 g/mol. The lowest BCUT2D eigenvalue weighted by atomic mass is 10.1. The number of carbonyl (C=O) groups is 2. The maximum atomic E-state index is 13.1. The number of rotatable bonds is 3. The molecule has 154 valence electrons. The Hall–Kier alpha value is -3.14. The first-order chi connectivity index (χ1) is 13.6. The number of fused-ring (bicyclic) bond motifs is 1. The minimum absolute atomic E-state index is 0.0145. The molecule has 1 aliphatic rings. The van der Waals surface area contributed by atoms with Gasteiger partial charge in [-0.25, -0.2) is 17.6 Å². The summed E-state index contributed by atoms with van der Waals surface area (Å²) in [5, 5.41) is 5.31. The number of sulfone groups is 1. The van der Waals surface area contributed by atoms with Crippen molar-refractivity contribution in [1.29, 1.82) is 0 Å². The molecular weight excluding hydrogens is 399 g/mol. The van der Waals surface area contributed by atoms with Crippen molar-refractivity contribution in [2.75, 3.05) is 33.6 Å². The molecule has 0 saturated carbocycles. The second-order valence-corrected chi connectivity index (χ2v) is 9.00. The average Bonchev–Trinajstić information content (AvgIpc) is 2.79. The lowest BCUT2D eigenvalue weighted by Gasteiger charge is -2.25. The van der Waals surface area contributed by atoms with Crippen LogP contribution in [0.1, 0.15) is 13.8 Å². The van der Waals surface area contributed by atoms with Gasteiger partial charge in [-0.15, -0.1) is 0 Å². The zero-order valence-electron chi connectivity index (χ0n) is 15.9. The Morgan fingerprint density at radius 2 is 1.97 bits per heavy atom. The van der Waals surface area contributed by atoms with Gasteiger partial charge in [-0.3, -0.25) is 9.69 Å². The highest BCUT2D eigenvalue weighted by Gasteiger charge is 2.31. The molecule has 0 aromatic heterocycles. The van der Waals surface area contributed by atoms with Gasteiger partial charge >= 0.3 is 6.03 Å². The molecule has 0 spiro atoms. The second kappa shape index (κ2) is 7.70. The largest absolute Gasteiger partial charge is 0.398 e. The molecule has 4 N–H and O–H groups in total. The highest BCUT2D eigenvalue weighted by molar-refractivity contribution is 7.91. The fraction of sp³-hybridized carbons (Fsp3) is 0.263. The van der Waals surface area contributed by atoms with E-state index in [0.29, 0.717) is 5.69 Å². The van der Waals surface area contributed by atoms with E-state index in [1.807, 2.05) is 0 Å². The zero-order valence-corrected chi connectivity index (χ0v) is 16.7. The van der Waals surface area contributed by atoms with Crippen molar-refractivity contribution in [1.82, 2.24) is 0 Å². The van der Waals surface area contributed by atoms with Crippen LogP contribution in [0.3, 0.4) is 0 Å². The summed E-state index contributed by atoms with van der Waals surface area (Å²) in [5.41, 5.74) is 6.70. The van der Waals surface area contributed by atoms with Crippen LogP contribution >= 0.6 is 0 Å². The number of nitrogen functional groups attached to an aromatic ring is 1.